The standard InChI is InChI=1S/C12H29AsN5O2P/c1-10-20-12(19)11(13(2)3)14-15-21(16(4)5,17(6)7)18(8)9/h10H2,1-9H3. The van der Waals surface area contributed by atoms with Gasteiger partial charge in [-0.3, -0.25) is 0 Å². The molecule has 0 saturated heterocycles. The van der Waals surface area contributed by atoms with E-state index in [9.17, 15) is 4.79 Å². The average molecular weight is 381 g/mol. The second-order valence-electron chi connectivity index (χ2n) is 5.21. The van der Waals surface area contributed by atoms with Crippen LogP contribution < -0.4 is 0 Å². The number of ether oxygens (including phenoxy) is 1. The van der Waals surface area contributed by atoms with Crippen molar-refractivity contribution in [3.05, 3.63) is 0 Å². The van der Waals surface area contributed by atoms with E-state index in [2.05, 4.69) is 35.4 Å². The van der Waals surface area contributed by atoms with E-state index in [-0.39, 0.29) is 5.97 Å². The number of carbonyl (C=O) groups is 1. The van der Waals surface area contributed by atoms with Gasteiger partial charge >= 0.3 is 133 Å². The van der Waals surface area contributed by atoms with Crippen molar-refractivity contribution in [3.63, 3.8) is 0 Å². The Labute approximate surface area is 133 Å². The molecule has 7 nitrogen and oxygen atoms in total. The summed E-state index contributed by atoms with van der Waals surface area (Å²) in [7, 11) is 9.75. The molecule has 0 heterocycles. The first-order valence-electron chi connectivity index (χ1n) is 6.68. The van der Waals surface area contributed by atoms with Gasteiger partial charge in [0.1, 0.15) is 0 Å². The minimum atomic E-state index is -2.11. The van der Waals surface area contributed by atoms with Crippen molar-refractivity contribution in [1.29, 1.82) is 0 Å². The number of nitrogens with zero attached hydrogens (tertiary/aromatic N) is 5. The van der Waals surface area contributed by atoms with Crippen LogP contribution in [0.2, 0.25) is 11.4 Å². The van der Waals surface area contributed by atoms with E-state index in [1.807, 2.05) is 42.3 Å². The summed E-state index contributed by atoms with van der Waals surface area (Å²) >= 11 is -1.48. The third kappa shape index (κ3) is 5.18. The van der Waals surface area contributed by atoms with Crippen LogP contribution in [0.1, 0.15) is 6.92 Å². The van der Waals surface area contributed by atoms with Gasteiger partial charge in [-0.1, -0.05) is 0 Å². The van der Waals surface area contributed by atoms with Gasteiger partial charge in [0, 0.05) is 0 Å². The summed E-state index contributed by atoms with van der Waals surface area (Å²) in [6.45, 7) is 2.15. The maximum absolute atomic E-state index is 12.0. The van der Waals surface area contributed by atoms with Crippen LogP contribution in [0.15, 0.2) is 9.96 Å². The van der Waals surface area contributed by atoms with Crippen molar-refractivity contribution < 1.29 is 9.53 Å². The Morgan fingerprint density at radius 3 is 1.76 bits per heavy atom. The molecule has 0 bridgehead atoms. The van der Waals surface area contributed by atoms with Crippen LogP contribution >= 0.6 is 7.51 Å². The predicted molar refractivity (Wildman–Crippen MR) is 92.0 cm³/mol. The number of carbonyl (C=O) groups excluding carboxylic acids is 1. The van der Waals surface area contributed by atoms with Crippen LogP contribution in [0.3, 0.4) is 0 Å². The van der Waals surface area contributed by atoms with Gasteiger partial charge in [-0.2, -0.15) is 0 Å². The van der Waals surface area contributed by atoms with Gasteiger partial charge in [-0.05, 0) is 0 Å². The van der Waals surface area contributed by atoms with Crippen molar-refractivity contribution in [2.45, 2.75) is 18.3 Å². The van der Waals surface area contributed by atoms with E-state index in [0.29, 0.717) is 11.1 Å². The Balaban J connectivity index is 5.95. The molecule has 0 fully saturated rings. The van der Waals surface area contributed by atoms with Gasteiger partial charge in [0.2, 0.25) is 0 Å². The normalized spacial score (nSPS) is 13.5. The second-order valence-corrected chi connectivity index (χ2v) is 13.5. The fourth-order valence-corrected chi connectivity index (χ4v) is 6.28. The fourth-order valence-electron chi connectivity index (χ4n) is 1.92. The molecule has 0 aliphatic carbocycles. The third-order valence-electron chi connectivity index (χ3n) is 2.75. The van der Waals surface area contributed by atoms with E-state index in [1.165, 1.54) is 0 Å². The molecule has 0 atom stereocenters. The molecule has 0 radical (unpaired) electrons. The summed E-state index contributed by atoms with van der Waals surface area (Å²) in [4.78, 5) is 16.6. The van der Waals surface area contributed by atoms with Crippen molar-refractivity contribution in [2.24, 2.45) is 9.96 Å². The zero-order chi connectivity index (χ0) is 16.8. The molecule has 0 spiro atoms. The van der Waals surface area contributed by atoms with Crippen LogP contribution in [-0.2, 0) is 9.53 Å². The Bertz CT molecular complexity index is 407. The number of rotatable bonds is 7. The summed E-state index contributed by atoms with van der Waals surface area (Å²) < 4.78 is 11.8. The number of esters is 1. The molecule has 0 aromatic rings. The summed E-state index contributed by atoms with van der Waals surface area (Å²) in [5.41, 5.74) is 4.11. The Kier molecular flexibility index (Phi) is 8.98. The van der Waals surface area contributed by atoms with E-state index in [4.69, 9.17) is 4.74 Å². The molecule has 124 valence electrons. The summed E-state index contributed by atoms with van der Waals surface area (Å²) in [6, 6.07) is 0. The molecule has 0 aromatic carbocycles. The Morgan fingerprint density at radius 2 is 1.48 bits per heavy atom. The molecule has 0 rings (SSSR count). The van der Waals surface area contributed by atoms with Gasteiger partial charge < -0.3 is 0 Å². The number of hydrogen-bond acceptors (Lipinski definition) is 3. The predicted octanol–water partition coefficient (Wildman–Crippen LogP) is 1.83. The molecule has 9 heteroatoms. The van der Waals surface area contributed by atoms with Crippen LogP contribution in [0.25, 0.3) is 0 Å². The average Bonchev–Trinajstić information content (AvgIpc) is 2.32. The van der Waals surface area contributed by atoms with E-state index >= 15 is 0 Å². The molecule has 0 aliphatic heterocycles. The fraction of sp³-hybridized carbons (Fsp3) is 0.833. The molecule has 0 unspecified atom stereocenters. The van der Waals surface area contributed by atoms with Gasteiger partial charge in [-0.25, -0.2) is 0 Å². The molecule has 0 amide bonds. The Hall–Kier alpha value is -0.192. The molecule has 0 saturated carbocycles. The van der Waals surface area contributed by atoms with Crippen molar-refractivity contribution >= 4 is 32.6 Å². The van der Waals surface area contributed by atoms with Crippen LogP contribution in [0.5, 0.6) is 0 Å². The first-order valence-corrected chi connectivity index (χ1v) is 13.0. The van der Waals surface area contributed by atoms with Crippen LogP contribution in [0, 0.1) is 0 Å². The van der Waals surface area contributed by atoms with Gasteiger partial charge in [-0.15, -0.1) is 0 Å². The van der Waals surface area contributed by atoms with Crippen LogP contribution in [0.4, 0.5) is 0 Å². The van der Waals surface area contributed by atoms with E-state index in [1.54, 1.807) is 6.92 Å². The van der Waals surface area contributed by atoms with Gasteiger partial charge in [0.15, 0.2) is 0 Å². The molecular formula is C12H29AsN5O2P. The summed E-state index contributed by atoms with van der Waals surface area (Å²) in [5.74, 6) is -0.333. The molecule has 0 N–H and O–H groups in total. The molecular weight excluding hydrogens is 352 g/mol. The number of hydrogen-bond donors (Lipinski definition) is 0. The third-order valence-corrected chi connectivity index (χ3v) is 8.65. The monoisotopic (exact) mass is 381 g/mol. The zero-order valence-corrected chi connectivity index (χ0v) is 17.4. The zero-order valence-electron chi connectivity index (χ0n) is 14.7. The quantitative estimate of drug-likeness (QED) is 0.221. The molecule has 0 aromatic heterocycles. The van der Waals surface area contributed by atoms with Crippen molar-refractivity contribution in [3.8, 4) is 0 Å². The maximum atomic E-state index is 12.0. The first kappa shape index (κ1) is 20.8. The molecule has 0 aliphatic rings. The minimum absolute atomic E-state index is 0.333. The topological polar surface area (TPSA) is 60.7 Å². The summed E-state index contributed by atoms with van der Waals surface area (Å²) in [6.07, 6.45) is 0. The van der Waals surface area contributed by atoms with E-state index in [0.717, 1.165) is 0 Å². The van der Waals surface area contributed by atoms with E-state index < -0.39 is 22.2 Å². The summed E-state index contributed by atoms with van der Waals surface area (Å²) in [5, 5.41) is 4.33. The van der Waals surface area contributed by atoms with Gasteiger partial charge in [0.25, 0.3) is 0 Å². The van der Waals surface area contributed by atoms with Crippen molar-refractivity contribution in [1.82, 2.24) is 14.0 Å². The van der Waals surface area contributed by atoms with Gasteiger partial charge in [0.05, 0.1) is 0 Å². The molecule has 21 heavy (non-hydrogen) atoms. The Morgan fingerprint density at radius 1 is 1.05 bits per heavy atom. The second kappa shape index (κ2) is 9.06. The first-order chi connectivity index (χ1) is 9.61. The van der Waals surface area contributed by atoms with Crippen molar-refractivity contribution in [2.75, 3.05) is 48.9 Å². The van der Waals surface area contributed by atoms with Crippen LogP contribution in [-0.4, -0.2) is 88.0 Å². The SMILES string of the molecule is CCOC(=O)C(=NN=P(N(C)C)(N(C)C)N(C)C)[As](C)C.